The van der Waals surface area contributed by atoms with Gasteiger partial charge in [-0.05, 0) is 0 Å². The summed E-state index contributed by atoms with van der Waals surface area (Å²) < 4.78 is 0. The number of nitriles is 2. The number of H-pyrrole nitrogens is 1. The average molecular weight is 275 g/mol. The second-order valence-electron chi connectivity index (χ2n) is 3.29. The summed E-state index contributed by atoms with van der Waals surface area (Å²) >= 11 is 0. The summed E-state index contributed by atoms with van der Waals surface area (Å²) in [6.07, 6.45) is 6.40. The molecule has 104 valence electrons. The number of nitrogens with one attached hydrogen (secondary N) is 3. The van der Waals surface area contributed by atoms with E-state index in [-0.39, 0.29) is 25.0 Å². The normalized spacial score (nSPS) is 10.2. The lowest BCUT2D eigenvalue weighted by atomic mass is 10.6. The van der Waals surface area contributed by atoms with Gasteiger partial charge in [-0.2, -0.15) is 20.5 Å². The van der Waals surface area contributed by atoms with E-state index in [1.807, 2.05) is 0 Å². The Bertz CT molecular complexity index is 545. The highest BCUT2D eigenvalue weighted by Crippen LogP contribution is 2.05. The molecule has 0 unspecified atom stereocenters. The van der Waals surface area contributed by atoms with Crippen molar-refractivity contribution in [3.05, 3.63) is 12.4 Å². The van der Waals surface area contributed by atoms with Crippen LogP contribution in [0.5, 0.6) is 0 Å². The van der Waals surface area contributed by atoms with Crippen molar-refractivity contribution in [2.24, 2.45) is 16.5 Å². The Kier molecular flexibility index (Phi) is 5.31. The number of aliphatic imine (C=N–C) groups is 1. The largest absolute Gasteiger partial charge is 0.368 e. The lowest BCUT2D eigenvalue weighted by Crippen LogP contribution is -2.54. The van der Waals surface area contributed by atoms with E-state index < -0.39 is 5.96 Å². The van der Waals surface area contributed by atoms with Crippen molar-refractivity contribution in [1.29, 1.82) is 15.9 Å². The van der Waals surface area contributed by atoms with E-state index in [0.29, 0.717) is 0 Å². The monoisotopic (exact) mass is 275 g/mol. The molecule has 1 heterocycles. The Balaban J connectivity index is 3.16. The van der Waals surface area contributed by atoms with Crippen LogP contribution in [0.2, 0.25) is 0 Å². The molecule has 0 bridgehead atoms. The minimum Gasteiger partial charge on any atom is -0.368 e. The number of guanidine groups is 2. The molecule has 0 radical (unpaired) electrons. The zero-order valence-corrected chi connectivity index (χ0v) is 10.4. The van der Waals surface area contributed by atoms with Crippen molar-refractivity contribution in [3.63, 3.8) is 0 Å². The van der Waals surface area contributed by atoms with Crippen molar-refractivity contribution >= 4 is 17.9 Å². The number of aromatic amines is 1. The molecule has 0 aliphatic heterocycles. The number of hydrogen-bond donors (Lipinski definition) is 5. The van der Waals surface area contributed by atoms with E-state index in [0.717, 1.165) is 10.0 Å². The molecule has 7 N–H and O–H groups in total. The Morgan fingerprint density at radius 3 is 2.80 bits per heavy atom. The molecule has 0 atom stereocenters. The van der Waals surface area contributed by atoms with Gasteiger partial charge in [0.15, 0.2) is 6.19 Å². The van der Waals surface area contributed by atoms with E-state index in [9.17, 15) is 0 Å². The van der Waals surface area contributed by atoms with Crippen LogP contribution in [0, 0.1) is 28.3 Å². The third-order valence-electron chi connectivity index (χ3n) is 2.01. The van der Waals surface area contributed by atoms with Crippen LogP contribution in [-0.4, -0.2) is 45.0 Å². The number of rotatable bonds is 3. The predicted molar refractivity (Wildman–Crippen MR) is 69.6 cm³/mol. The molecule has 11 nitrogen and oxygen atoms in total. The van der Waals surface area contributed by atoms with Crippen LogP contribution < -0.4 is 16.8 Å². The Hall–Kier alpha value is -3.31. The molecule has 11 heteroatoms. The Morgan fingerprint density at radius 2 is 2.35 bits per heavy atom. The lowest BCUT2D eigenvalue weighted by molar-refractivity contribution is 0.199. The van der Waals surface area contributed by atoms with Crippen molar-refractivity contribution in [1.82, 2.24) is 25.3 Å². The van der Waals surface area contributed by atoms with Crippen LogP contribution >= 0.6 is 0 Å². The summed E-state index contributed by atoms with van der Waals surface area (Å²) in [6.45, 7) is 0.261. The average Bonchev–Trinajstić information content (AvgIpc) is 2.90. The first-order chi connectivity index (χ1) is 9.63. The second-order valence-corrected chi connectivity index (χ2v) is 3.29. The quantitative estimate of drug-likeness (QED) is 0.142. The maximum Gasteiger partial charge on any atom is 0.235 e. The van der Waals surface area contributed by atoms with Crippen molar-refractivity contribution in [3.8, 4) is 12.4 Å². The van der Waals surface area contributed by atoms with Crippen molar-refractivity contribution in [2.75, 3.05) is 13.1 Å². The van der Waals surface area contributed by atoms with Gasteiger partial charge in [-0.1, -0.05) is 0 Å². The zero-order chi connectivity index (χ0) is 15.0. The van der Waals surface area contributed by atoms with Gasteiger partial charge in [0.05, 0.1) is 6.54 Å². The molecule has 0 aromatic carbocycles. The highest BCUT2D eigenvalue weighted by Gasteiger charge is 2.21. The molecular formula is C9H13N11. The van der Waals surface area contributed by atoms with Crippen molar-refractivity contribution in [2.45, 2.75) is 0 Å². The number of hydrazine groups is 1. The minimum atomic E-state index is -0.534. The van der Waals surface area contributed by atoms with E-state index in [4.69, 9.17) is 27.4 Å². The third kappa shape index (κ3) is 3.59. The predicted octanol–water partition coefficient (Wildman–Crippen LogP) is -1.68. The lowest BCUT2D eigenvalue weighted by Gasteiger charge is -2.29. The Morgan fingerprint density at radius 1 is 1.60 bits per heavy atom. The first-order valence-electron chi connectivity index (χ1n) is 5.38. The van der Waals surface area contributed by atoms with E-state index in [1.54, 1.807) is 18.6 Å². The van der Waals surface area contributed by atoms with Crippen LogP contribution in [0.15, 0.2) is 17.4 Å². The fourth-order valence-electron chi connectivity index (χ4n) is 1.28. The summed E-state index contributed by atoms with van der Waals surface area (Å²) in [5.41, 5.74) is 10.8. The summed E-state index contributed by atoms with van der Waals surface area (Å²) in [7, 11) is 0. The molecule has 0 aliphatic carbocycles. The van der Waals surface area contributed by atoms with Gasteiger partial charge in [-0.15, -0.1) is 0 Å². The molecule has 0 fully saturated rings. The smallest absolute Gasteiger partial charge is 0.235 e. The standard InChI is InChI=1S/C9H13N11/c10-1-4-19(20(6-12)7(13)14)9(17-5-11)18-8-15-2-3-16-8/h2-3H,1,4,10H2,(H3,13,14)(H2,15,16,17,18). The molecule has 0 saturated heterocycles. The van der Waals surface area contributed by atoms with Gasteiger partial charge >= 0.3 is 0 Å². The fraction of sp³-hybridized carbons (Fsp3) is 0.222. The SMILES string of the molecule is N#CNC(=Nc1ncc[nH]1)N(CCN)N(C#N)C(=N)N. The highest BCUT2D eigenvalue weighted by atomic mass is 15.7. The minimum absolute atomic E-state index is 0.0374. The van der Waals surface area contributed by atoms with Gasteiger partial charge in [-0.3, -0.25) is 10.7 Å². The number of aromatic nitrogens is 2. The molecule has 0 amide bonds. The molecular weight excluding hydrogens is 262 g/mol. The highest BCUT2D eigenvalue weighted by molar-refractivity contribution is 5.86. The van der Waals surface area contributed by atoms with E-state index >= 15 is 0 Å². The number of nitrogens with zero attached hydrogens (tertiary/aromatic N) is 6. The number of hydrogen-bond acceptors (Lipinski definition) is 6. The van der Waals surface area contributed by atoms with Gasteiger partial charge in [0.2, 0.25) is 24.1 Å². The van der Waals surface area contributed by atoms with Crippen LogP contribution in [0.4, 0.5) is 5.95 Å². The Labute approximate surface area is 114 Å². The third-order valence-corrected chi connectivity index (χ3v) is 2.01. The molecule has 0 aliphatic rings. The molecule has 1 rings (SSSR count). The molecule has 0 spiro atoms. The maximum absolute atomic E-state index is 9.02. The maximum atomic E-state index is 9.02. The van der Waals surface area contributed by atoms with Gasteiger partial charge in [0.1, 0.15) is 0 Å². The molecule has 20 heavy (non-hydrogen) atoms. The fourth-order valence-corrected chi connectivity index (χ4v) is 1.28. The first-order valence-corrected chi connectivity index (χ1v) is 5.38. The summed E-state index contributed by atoms with van der Waals surface area (Å²) in [6, 6.07) is 0. The molecule has 0 saturated carbocycles. The van der Waals surface area contributed by atoms with Crippen LogP contribution in [0.25, 0.3) is 0 Å². The van der Waals surface area contributed by atoms with Crippen LogP contribution in [0.1, 0.15) is 0 Å². The summed E-state index contributed by atoms with van der Waals surface area (Å²) in [4.78, 5) is 10.6. The summed E-state index contributed by atoms with van der Waals surface area (Å²) in [5.74, 6) is -0.358. The zero-order valence-electron chi connectivity index (χ0n) is 10.4. The topological polar surface area (TPSA) is 183 Å². The van der Waals surface area contributed by atoms with Gasteiger partial charge < -0.3 is 16.5 Å². The van der Waals surface area contributed by atoms with Gasteiger partial charge in [0, 0.05) is 18.9 Å². The molecule has 1 aromatic rings. The van der Waals surface area contributed by atoms with Crippen LogP contribution in [-0.2, 0) is 0 Å². The van der Waals surface area contributed by atoms with E-state index in [2.05, 4.69) is 20.3 Å². The molecule has 1 aromatic heterocycles. The second kappa shape index (κ2) is 7.20. The number of imidazole rings is 1. The summed E-state index contributed by atoms with van der Waals surface area (Å²) in [5, 5.41) is 29.3. The van der Waals surface area contributed by atoms with E-state index in [1.165, 1.54) is 6.20 Å². The van der Waals surface area contributed by atoms with Crippen LogP contribution in [0.3, 0.4) is 0 Å². The van der Waals surface area contributed by atoms with Crippen molar-refractivity contribution < 1.29 is 0 Å². The number of nitrogens with two attached hydrogens (primary N) is 2. The van der Waals surface area contributed by atoms with Gasteiger partial charge in [0.25, 0.3) is 0 Å². The first kappa shape index (κ1) is 14.7. The van der Waals surface area contributed by atoms with Gasteiger partial charge in [-0.25, -0.2) is 9.99 Å².